The first kappa shape index (κ1) is 20.6. The molecule has 4 rings (SSSR count). The standard InChI is InChI=1S/C26H24N2O3/c1-18-23(19(2)28(27-18)22-16-10-5-11-17-22)24(20-12-6-3-7-13-20)26(31,25(29)30)21-14-8-4-9-15-21/h3-17,24,31H,1-2H3,(H,29,30)/t24-,26-/m1/s1. The Morgan fingerprint density at radius 2 is 1.39 bits per heavy atom. The van der Waals surface area contributed by atoms with Gasteiger partial charge >= 0.3 is 5.97 Å². The van der Waals surface area contributed by atoms with Crippen LogP contribution in [0.1, 0.15) is 34.0 Å². The van der Waals surface area contributed by atoms with Gasteiger partial charge < -0.3 is 10.2 Å². The van der Waals surface area contributed by atoms with Crippen LogP contribution in [0.4, 0.5) is 0 Å². The molecule has 0 aliphatic heterocycles. The summed E-state index contributed by atoms with van der Waals surface area (Å²) in [5.41, 5.74) is 1.88. The fourth-order valence-electron chi connectivity index (χ4n) is 4.26. The van der Waals surface area contributed by atoms with Gasteiger partial charge in [0.1, 0.15) is 0 Å². The summed E-state index contributed by atoms with van der Waals surface area (Å²) in [6.45, 7) is 3.76. The average Bonchev–Trinajstić information content (AvgIpc) is 3.09. The predicted molar refractivity (Wildman–Crippen MR) is 119 cm³/mol. The van der Waals surface area contributed by atoms with E-state index in [4.69, 9.17) is 5.10 Å². The largest absolute Gasteiger partial charge is 0.479 e. The first-order valence-corrected chi connectivity index (χ1v) is 10.1. The lowest BCUT2D eigenvalue weighted by Crippen LogP contribution is -2.42. The van der Waals surface area contributed by atoms with Gasteiger partial charge in [0, 0.05) is 11.3 Å². The molecule has 1 aromatic heterocycles. The molecule has 31 heavy (non-hydrogen) atoms. The number of benzene rings is 3. The van der Waals surface area contributed by atoms with E-state index >= 15 is 0 Å². The van der Waals surface area contributed by atoms with E-state index < -0.39 is 17.5 Å². The SMILES string of the molecule is Cc1nn(-c2ccccc2)c(C)c1[C@@H](c1ccccc1)[C@@](O)(C(=O)O)c1ccccc1. The van der Waals surface area contributed by atoms with E-state index in [-0.39, 0.29) is 0 Å². The topological polar surface area (TPSA) is 75.3 Å². The Labute approximate surface area is 181 Å². The molecule has 0 aliphatic rings. The molecular weight excluding hydrogens is 388 g/mol. The third-order valence-electron chi connectivity index (χ3n) is 5.73. The van der Waals surface area contributed by atoms with Crippen LogP contribution in [0.2, 0.25) is 0 Å². The molecule has 0 saturated heterocycles. The average molecular weight is 412 g/mol. The third kappa shape index (κ3) is 3.53. The number of carboxylic acid groups (broad SMARTS) is 1. The highest BCUT2D eigenvalue weighted by atomic mass is 16.4. The van der Waals surface area contributed by atoms with Gasteiger partial charge in [-0.1, -0.05) is 78.9 Å². The van der Waals surface area contributed by atoms with Gasteiger partial charge in [-0.05, 0) is 37.1 Å². The summed E-state index contributed by atoms with van der Waals surface area (Å²) < 4.78 is 1.80. The predicted octanol–water partition coefficient (Wildman–Crippen LogP) is 4.59. The zero-order valence-electron chi connectivity index (χ0n) is 17.4. The molecule has 2 atom stereocenters. The van der Waals surface area contributed by atoms with Gasteiger partial charge in [0.2, 0.25) is 0 Å². The molecule has 0 unspecified atom stereocenters. The van der Waals surface area contributed by atoms with E-state index in [2.05, 4.69) is 0 Å². The van der Waals surface area contributed by atoms with Crippen LogP contribution in [0.15, 0.2) is 91.0 Å². The molecule has 0 aliphatic carbocycles. The summed E-state index contributed by atoms with van der Waals surface area (Å²) in [6.07, 6.45) is 0. The first-order chi connectivity index (χ1) is 14.9. The molecule has 156 valence electrons. The van der Waals surface area contributed by atoms with Crippen LogP contribution in [-0.2, 0) is 10.4 Å². The number of aryl methyl sites for hydroxylation is 1. The summed E-state index contributed by atoms with van der Waals surface area (Å²) in [7, 11) is 0. The van der Waals surface area contributed by atoms with Crippen LogP contribution in [0, 0.1) is 13.8 Å². The number of carbonyl (C=O) groups is 1. The van der Waals surface area contributed by atoms with Gasteiger partial charge in [-0.2, -0.15) is 5.10 Å². The molecule has 2 N–H and O–H groups in total. The zero-order chi connectivity index (χ0) is 22.0. The van der Waals surface area contributed by atoms with Crippen LogP contribution in [0.25, 0.3) is 5.69 Å². The number of nitrogens with zero attached hydrogens (tertiary/aromatic N) is 2. The lowest BCUT2D eigenvalue weighted by molar-refractivity contribution is -0.161. The maximum Gasteiger partial charge on any atom is 0.341 e. The number of rotatable bonds is 6. The number of aliphatic hydroxyl groups is 1. The van der Waals surface area contributed by atoms with Crippen molar-refractivity contribution in [2.24, 2.45) is 0 Å². The normalized spacial score (nSPS) is 14.0. The van der Waals surface area contributed by atoms with Gasteiger partial charge in [-0.25, -0.2) is 9.48 Å². The molecule has 0 saturated carbocycles. The van der Waals surface area contributed by atoms with Gasteiger partial charge in [0.25, 0.3) is 0 Å². The van der Waals surface area contributed by atoms with Crippen molar-refractivity contribution in [2.45, 2.75) is 25.4 Å². The Hall–Kier alpha value is -3.70. The maximum absolute atomic E-state index is 12.6. The van der Waals surface area contributed by atoms with Crippen molar-refractivity contribution in [3.05, 3.63) is 119 Å². The number of aliphatic carboxylic acids is 1. The Morgan fingerprint density at radius 1 is 0.871 bits per heavy atom. The van der Waals surface area contributed by atoms with Crippen molar-refractivity contribution < 1.29 is 15.0 Å². The number of para-hydroxylation sites is 1. The van der Waals surface area contributed by atoms with Crippen LogP contribution in [-0.4, -0.2) is 26.0 Å². The molecule has 0 spiro atoms. The monoisotopic (exact) mass is 412 g/mol. The molecule has 3 aromatic carbocycles. The number of hydrogen-bond acceptors (Lipinski definition) is 3. The zero-order valence-corrected chi connectivity index (χ0v) is 17.4. The highest BCUT2D eigenvalue weighted by Gasteiger charge is 2.49. The smallest absolute Gasteiger partial charge is 0.341 e. The molecule has 0 fully saturated rings. The second-order valence-electron chi connectivity index (χ2n) is 7.61. The lowest BCUT2D eigenvalue weighted by Gasteiger charge is -2.34. The van der Waals surface area contributed by atoms with Gasteiger partial charge in [0.05, 0.1) is 17.3 Å². The molecule has 0 radical (unpaired) electrons. The lowest BCUT2D eigenvalue weighted by atomic mass is 9.73. The second-order valence-corrected chi connectivity index (χ2v) is 7.61. The molecule has 0 bridgehead atoms. The third-order valence-corrected chi connectivity index (χ3v) is 5.73. The van der Waals surface area contributed by atoms with Crippen molar-refractivity contribution in [3.63, 3.8) is 0 Å². The summed E-state index contributed by atoms with van der Waals surface area (Å²) in [4.78, 5) is 12.6. The fourth-order valence-corrected chi connectivity index (χ4v) is 4.26. The highest BCUT2D eigenvalue weighted by Crippen LogP contribution is 2.44. The maximum atomic E-state index is 12.6. The van der Waals surface area contributed by atoms with Crippen LogP contribution >= 0.6 is 0 Å². The molecule has 5 heteroatoms. The molecule has 5 nitrogen and oxygen atoms in total. The van der Waals surface area contributed by atoms with E-state index in [0.29, 0.717) is 22.4 Å². The number of aromatic nitrogens is 2. The molecule has 1 heterocycles. The Kier molecular flexibility index (Phi) is 5.44. The summed E-state index contributed by atoms with van der Waals surface area (Å²) in [6, 6.07) is 27.5. The van der Waals surface area contributed by atoms with Gasteiger partial charge in [-0.3, -0.25) is 0 Å². The van der Waals surface area contributed by atoms with Crippen LogP contribution in [0.5, 0.6) is 0 Å². The molecule has 0 amide bonds. The minimum absolute atomic E-state index is 0.322. The van der Waals surface area contributed by atoms with Gasteiger partial charge in [0.15, 0.2) is 5.60 Å². The minimum atomic E-state index is -2.18. The van der Waals surface area contributed by atoms with Crippen molar-refractivity contribution in [1.82, 2.24) is 9.78 Å². The van der Waals surface area contributed by atoms with Gasteiger partial charge in [-0.15, -0.1) is 0 Å². The molecular formula is C26H24N2O3. The Balaban J connectivity index is 2.01. The van der Waals surface area contributed by atoms with E-state index in [9.17, 15) is 15.0 Å². The van der Waals surface area contributed by atoms with E-state index in [1.807, 2.05) is 74.5 Å². The second kappa shape index (κ2) is 8.20. The van der Waals surface area contributed by atoms with Crippen molar-refractivity contribution in [2.75, 3.05) is 0 Å². The van der Waals surface area contributed by atoms with Crippen molar-refractivity contribution in [1.29, 1.82) is 0 Å². The van der Waals surface area contributed by atoms with E-state index in [0.717, 1.165) is 11.4 Å². The molecule has 4 aromatic rings. The highest BCUT2D eigenvalue weighted by molar-refractivity contribution is 5.82. The quantitative estimate of drug-likeness (QED) is 0.486. The van der Waals surface area contributed by atoms with E-state index in [1.54, 1.807) is 35.0 Å². The fraction of sp³-hybridized carbons (Fsp3) is 0.154. The van der Waals surface area contributed by atoms with Crippen molar-refractivity contribution in [3.8, 4) is 5.69 Å². The Bertz CT molecular complexity index is 1190. The minimum Gasteiger partial charge on any atom is -0.479 e. The Morgan fingerprint density at radius 3 is 1.94 bits per heavy atom. The summed E-state index contributed by atoms with van der Waals surface area (Å²) >= 11 is 0. The summed E-state index contributed by atoms with van der Waals surface area (Å²) in [5.74, 6) is -2.16. The number of carboxylic acids is 1. The van der Waals surface area contributed by atoms with Crippen LogP contribution in [0.3, 0.4) is 0 Å². The van der Waals surface area contributed by atoms with E-state index in [1.165, 1.54) is 0 Å². The van der Waals surface area contributed by atoms with Crippen LogP contribution < -0.4 is 0 Å². The summed E-state index contributed by atoms with van der Waals surface area (Å²) in [5, 5.41) is 26.8. The first-order valence-electron chi connectivity index (χ1n) is 10.1. The number of hydrogen-bond donors (Lipinski definition) is 2. The van der Waals surface area contributed by atoms with Crippen molar-refractivity contribution >= 4 is 5.97 Å².